The summed E-state index contributed by atoms with van der Waals surface area (Å²) in [7, 11) is 3.50. The first-order valence-electron chi connectivity index (χ1n) is 4.03. The van der Waals surface area contributed by atoms with Gasteiger partial charge in [-0.2, -0.15) is 0 Å². The smallest absolute Gasteiger partial charge is 0.239 e. The van der Waals surface area contributed by atoms with Gasteiger partial charge in [0.05, 0.1) is 0 Å². The standard InChI is InChI=1S/C9H12N3O/c1-12(2)11-10-9(8-13)6-4-3-5-7-9/h4-7H,3H2,1-2H3/b11-10+. The van der Waals surface area contributed by atoms with Crippen LogP contribution in [0.1, 0.15) is 6.42 Å². The molecule has 0 amide bonds. The number of carbonyl (C=O) groups excluding carboxylic acids is 1. The molecule has 0 atom stereocenters. The second-order valence-corrected chi connectivity index (χ2v) is 3.00. The minimum absolute atomic E-state index is 0.834. The van der Waals surface area contributed by atoms with Crippen molar-refractivity contribution in [1.29, 1.82) is 0 Å². The molecule has 0 aromatic carbocycles. The van der Waals surface area contributed by atoms with Crippen LogP contribution in [0.25, 0.3) is 0 Å². The molecule has 1 rings (SSSR count). The lowest BCUT2D eigenvalue weighted by Crippen LogP contribution is -2.24. The normalized spacial score (nSPS) is 19.2. The van der Waals surface area contributed by atoms with Crippen molar-refractivity contribution in [3.8, 4) is 0 Å². The van der Waals surface area contributed by atoms with Crippen LogP contribution >= 0.6 is 0 Å². The molecule has 0 aliphatic heterocycles. The number of nitrogens with zero attached hydrogens (tertiary/aromatic N) is 3. The van der Waals surface area contributed by atoms with Crippen molar-refractivity contribution in [1.82, 2.24) is 5.01 Å². The molecule has 1 radical (unpaired) electrons. The predicted octanol–water partition coefficient (Wildman–Crippen LogP) is 1.28. The van der Waals surface area contributed by atoms with Crippen molar-refractivity contribution in [2.45, 2.75) is 12.0 Å². The third-order valence-corrected chi connectivity index (χ3v) is 1.57. The molecule has 0 saturated carbocycles. The van der Waals surface area contributed by atoms with Crippen molar-refractivity contribution in [3.63, 3.8) is 0 Å². The minimum Gasteiger partial charge on any atom is -0.287 e. The van der Waals surface area contributed by atoms with Gasteiger partial charge in [-0.1, -0.05) is 17.4 Å². The monoisotopic (exact) mass is 178 g/mol. The summed E-state index contributed by atoms with van der Waals surface area (Å²) in [6.07, 6.45) is 9.85. The van der Waals surface area contributed by atoms with Crippen molar-refractivity contribution in [2.75, 3.05) is 14.1 Å². The first-order valence-corrected chi connectivity index (χ1v) is 4.03. The molecule has 0 aromatic rings. The zero-order chi connectivity index (χ0) is 9.73. The highest BCUT2D eigenvalue weighted by Crippen LogP contribution is 2.18. The van der Waals surface area contributed by atoms with Gasteiger partial charge in [-0.25, -0.2) is 0 Å². The molecule has 0 spiro atoms. The summed E-state index contributed by atoms with van der Waals surface area (Å²) < 4.78 is 0. The Morgan fingerprint density at radius 1 is 1.38 bits per heavy atom. The van der Waals surface area contributed by atoms with Gasteiger partial charge in [0.25, 0.3) is 0 Å². The lowest BCUT2D eigenvalue weighted by Gasteiger charge is -2.15. The molecule has 0 fully saturated rings. The molecule has 0 heterocycles. The van der Waals surface area contributed by atoms with Crippen LogP contribution in [0, 0.1) is 0 Å². The Hall–Kier alpha value is -1.45. The van der Waals surface area contributed by atoms with Crippen LogP contribution in [0.15, 0.2) is 34.6 Å². The fourth-order valence-electron chi connectivity index (χ4n) is 0.948. The highest BCUT2D eigenvalue weighted by Gasteiger charge is 2.25. The number of hydrogen-bond acceptors (Lipinski definition) is 3. The van der Waals surface area contributed by atoms with Crippen molar-refractivity contribution in [2.24, 2.45) is 10.3 Å². The summed E-state index contributed by atoms with van der Waals surface area (Å²) in [5.74, 6) is 0. The molecule has 0 bridgehead atoms. The van der Waals surface area contributed by atoms with Crippen LogP contribution in [0.3, 0.4) is 0 Å². The molecular formula is C9H12N3O. The number of allylic oxidation sites excluding steroid dienone is 2. The van der Waals surface area contributed by atoms with Crippen LogP contribution < -0.4 is 0 Å². The summed E-state index contributed by atoms with van der Waals surface area (Å²) in [6.45, 7) is 0. The van der Waals surface area contributed by atoms with E-state index in [-0.39, 0.29) is 0 Å². The van der Waals surface area contributed by atoms with Gasteiger partial charge in [-0.15, -0.1) is 5.11 Å². The second-order valence-electron chi connectivity index (χ2n) is 3.00. The lowest BCUT2D eigenvalue weighted by atomic mass is 9.97. The predicted molar refractivity (Wildman–Crippen MR) is 49.9 cm³/mol. The molecule has 4 heteroatoms. The Kier molecular flexibility index (Phi) is 2.95. The summed E-state index contributed by atoms with van der Waals surface area (Å²) in [4.78, 5) is 10.7. The van der Waals surface area contributed by atoms with E-state index in [9.17, 15) is 4.79 Å². The third kappa shape index (κ3) is 2.50. The first kappa shape index (κ1) is 9.64. The van der Waals surface area contributed by atoms with E-state index < -0.39 is 5.54 Å². The van der Waals surface area contributed by atoms with Gasteiger partial charge < -0.3 is 0 Å². The molecule has 4 nitrogen and oxygen atoms in total. The Morgan fingerprint density at radius 2 is 2.00 bits per heavy atom. The van der Waals surface area contributed by atoms with E-state index in [0.717, 1.165) is 6.42 Å². The molecule has 69 valence electrons. The van der Waals surface area contributed by atoms with Crippen LogP contribution in [0.2, 0.25) is 0 Å². The SMILES string of the molecule is CN(C)/N=N/C1([C]=O)C=CCC=C1. The van der Waals surface area contributed by atoms with Gasteiger partial charge in [-0.3, -0.25) is 9.80 Å². The van der Waals surface area contributed by atoms with E-state index in [1.807, 2.05) is 18.4 Å². The van der Waals surface area contributed by atoms with Gasteiger partial charge in [-0.05, 0) is 18.6 Å². The maximum atomic E-state index is 10.7. The van der Waals surface area contributed by atoms with E-state index in [4.69, 9.17) is 0 Å². The molecule has 1 aliphatic rings. The van der Waals surface area contributed by atoms with E-state index in [1.165, 1.54) is 5.01 Å². The van der Waals surface area contributed by atoms with E-state index in [0.29, 0.717) is 0 Å². The Morgan fingerprint density at radius 3 is 2.46 bits per heavy atom. The van der Waals surface area contributed by atoms with E-state index in [2.05, 4.69) is 10.3 Å². The molecule has 0 aromatic heterocycles. The Balaban J connectivity index is 2.81. The average molecular weight is 178 g/mol. The summed E-state index contributed by atoms with van der Waals surface area (Å²) in [5, 5.41) is 9.21. The van der Waals surface area contributed by atoms with Gasteiger partial charge >= 0.3 is 0 Å². The zero-order valence-corrected chi connectivity index (χ0v) is 7.77. The lowest BCUT2D eigenvalue weighted by molar-refractivity contribution is 0.388. The largest absolute Gasteiger partial charge is 0.287 e. The molecule has 0 unspecified atom stereocenters. The first-order chi connectivity index (χ1) is 6.18. The highest BCUT2D eigenvalue weighted by atomic mass is 16.1. The highest BCUT2D eigenvalue weighted by molar-refractivity contribution is 5.73. The maximum absolute atomic E-state index is 10.7. The average Bonchev–Trinajstić information content (AvgIpc) is 2.16. The Labute approximate surface area is 77.6 Å². The maximum Gasteiger partial charge on any atom is 0.239 e. The Bertz CT molecular complexity index is 254. The van der Waals surface area contributed by atoms with Gasteiger partial charge in [0, 0.05) is 14.1 Å². The summed E-state index contributed by atoms with van der Waals surface area (Å²) >= 11 is 0. The van der Waals surface area contributed by atoms with Gasteiger partial charge in [0.2, 0.25) is 6.29 Å². The molecule has 0 saturated heterocycles. The van der Waals surface area contributed by atoms with E-state index >= 15 is 0 Å². The fourth-order valence-corrected chi connectivity index (χ4v) is 0.948. The summed E-state index contributed by atoms with van der Waals surface area (Å²) in [5.41, 5.74) is -0.998. The van der Waals surface area contributed by atoms with E-state index in [1.54, 1.807) is 26.2 Å². The van der Waals surface area contributed by atoms with Crippen molar-refractivity contribution in [3.05, 3.63) is 24.3 Å². The second kappa shape index (κ2) is 3.98. The molecular weight excluding hydrogens is 166 g/mol. The topological polar surface area (TPSA) is 45.0 Å². The van der Waals surface area contributed by atoms with Crippen LogP contribution in [-0.2, 0) is 4.79 Å². The molecule has 0 N–H and O–H groups in total. The molecule has 1 aliphatic carbocycles. The quantitative estimate of drug-likeness (QED) is 0.371. The summed E-state index contributed by atoms with van der Waals surface area (Å²) in [6, 6.07) is 0. The third-order valence-electron chi connectivity index (χ3n) is 1.57. The van der Waals surface area contributed by atoms with Crippen LogP contribution in [0.4, 0.5) is 0 Å². The van der Waals surface area contributed by atoms with Crippen LogP contribution in [-0.4, -0.2) is 30.9 Å². The van der Waals surface area contributed by atoms with Gasteiger partial charge in [0.15, 0.2) is 5.54 Å². The zero-order valence-electron chi connectivity index (χ0n) is 7.77. The van der Waals surface area contributed by atoms with Crippen LogP contribution in [0.5, 0.6) is 0 Å². The van der Waals surface area contributed by atoms with Crippen molar-refractivity contribution >= 4 is 6.29 Å². The van der Waals surface area contributed by atoms with Gasteiger partial charge in [0.1, 0.15) is 0 Å². The fraction of sp³-hybridized carbons (Fsp3) is 0.444. The minimum atomic E-state index is -0.998. The van der Waals surface area contributed by atoms with Crippen molar-refractivity contribution < 1.29 is 4.79 Å². The number of rotatable bonds is 3. The molecule has 13 heavy (non-hydrogen) atoms. The number of hydrogen-bond donors (Lipinski definition) is 0.